The van der Waals surface area contributed by atoms with Crippen LogP contribution < -0.4 is 31.9 Å². The van der Waals surface area contributed by atoms with Gasteiger partial charge in [0.25, 0.3) is 11.8 Å². The van der Waals surface area contributed by atoms with Gasteiger partial charge in [0.05, 0.1) is 26.3 Å². The zero-order chi connectivity index (χ0) is 46.6. The summed E-state index contributed by atoms with van der Waals surface area (Å²) in [6, 6.07) is -6.95. The lowest BCUT2D eigenvalue weighted by Gasteiger charge is -2.30. The van der Waals surface area contributed by atoms with E-state index in [0.717, 1.165) is 36.9 Å². The van der Waals surface area contributed by atoms with E-state index >= 15 is 0 Å². The summed E-state index contributed by atoms with van der Waals surface area (Å²) in [6.07, 6.45) is -1.57. The van der Waals surface area contributed by atoms with Crippen molar-refractivity contribution in [2.75, 3.05) is 14.2 Å². The number of rotatable bonds is 14. The van der Waals surface area contributed by atoms with Gasteiger partial charge in [-0.2, -0.15) is 8.42 Å². The molecule has 3 heterocycles. The molecule has 12 atom stereocenters. The minimum absolute atomic E-state index is 0.0614. The Kier molecular flexibility index (Phi) is 20.6. The molecule has 6 N–H and O–H groups in total. The number of thiazole rings is 2. The molecule has 4 bridgehead atoms. The second-order valence-electron chi connectivity index (χ2n) is 15.6. The predicted molar refractivity (Wildman–Crippen MR) is 232 cm³/mol. The Bertz CT molecular complexity index is 1790. The van der Waals surface area contributed by atoms with Gasteiger partial charge < -0.3 is 31.9 Å². The number of aromatic nitrogens is 2. The van der Waals surface area contributed by atoms with Gasteiger partial charge in [-0.15, -0.1) is 22.7 Å². The van der Waals surface area contributed by atoms with E-state index in [1.807, 2.05) is 13.8 Å². The summed E-state index contributed by atoms with van der Waals surface area (Å²) in [6.45, 7) is 17.2. The van der Waals surface area contributed by atoms with Gasteiger partial charge >= 0.3 is 22.7 Å². The summed E-state index contributed by atoms with van der Waals surface area (Å²) in [5.41, 5.74) is -0.123. The van der Waals surface area contributed by atoms with Crippen LogP contribution in [0.25, 0.3) is 0 Å². The Morgan fingerprint density at radius 3 is 1.13 bits per heavy atom. The maximum absolute atomic E-state index is 14.2. The second kappa shape index (κ2) is 24.3. The van der Waals surface area contributed by atoms with Crippen LogP contribution in [0.5, 0.6) is 0 Å². The number of nitrogens with one attached hydrogen (secondary N) is 6. The summed E-state index contributed by atoms with van der Waals surface area (Å²) in [5, 5.41) is 20.2. The third-order valence-electron chi connectivity index (χ3n) is 10.4. The SMILES string of the molecule is CCC(C)C1NC(=O)c2csc(n2)C(C(C)C)NC(=O)C(C(C)OS(=O)OC)NC(=O)C(C(C)CC)NC(=O)c2csc(n2)C(C(C)C)NC(=O)C(C(C)OS(=O)OC)NC1=O. The number of nitrogens with zero attached hydrogens (tertiary/aromatic N) is 2. The molecule has 2 aromatic rings. The van der Waals surface area contributed by atoms with E-state index < -0.39 is 118 Å². The summed E-state index contributed by atoms with van der Waals surface area (Å²) >= 11 is -2.44. The number of fused-ring (bicyclic) bond motifs is 4. The first kappa shape index (κ1) is 52.6. The van der Waals surface area contributed by atoms with Crippen molar-refractivity contribution in [3.63, 3.8) is 0 Å². The topological polar surface area (TPSA) is 271 Å². The number of carbonyl (C=O) groups is 6. The molecule has 6 amide bonds. The Hall–Kier alpha value is -3.78. The smallest absolute Gasteiger partial charge is 0.304 e. The minimum atomic E-state index is -2.29. The van der Waals surface area contributed by atoms with E-state index in [1.165, 1.54) is 24.6 Å². The molecule has 0 aliphatic carbocycles. The minimum Gasteiger partial charge on any atom is -0.345 e. The highest BCUT2D eigenvalue weighted by Gasteiger charge is 2.39. The second-order valence-corrected chi connectivity index (χ2v) is 19.2. The molecule has 3 rings (SSSR count). The maximum Gasteiger partial charge on any atom is 0.304 e. The average Bonchev–Trinajstić information content (AvgIpc) is 3.93. The van der Waals surface area contributed by atoms with E-state index in [4.69, 9.17) is 16.7 Å². The molecular formula is C38H60N8O12S4. The van der Waals surface area contributed by atoms with Gasteiger partial charge in [0.1, 0.15) is 57.8 Å². The number of amides is 6. The lowest BCUT2D eigenvalue weighted by molar-refractivity contribution is -0.133. The van der Waals surface area contributed by atoms with Crippen molar-refractivity contribution in [2.45, 2.75) is 131 Å². The normalized spacial score (nSPS) is 25.5. The van der Waals surface area contributed by atoms with Crippen molar-refractivity contribution in [1.29, 1.82) is 0 Å². The van der Waals surface area contributed by atoms with Crippen LogP contribution in [0.1, 0.15) is 125 Å². The predicted octanol–water partition coefficient (Wildman–Crippen LogP) is 2.46. The molecule has 0 saturated carbocycles. The monoisotopic (exact) mass is 948 g/mol. The highest BCUT2D eigenvalue weighted by molar-refractivity contribution is 7.75. The molecule has 348 valence electrons. The van der Waals surface area contributed by atoms with Crippen molar-refractivity contribution in [2.24, 2.45) is 23.7 Å². The summed E-state index contributed by atoms with van der Waals surface area (Å²) in [5.74, 6) is -5.96. The summed E-state index contributed by atoms with van der Waals surface area (Å²) in [7, 11) is 2.28. The molecular weight excluding hydrogens is 889 g/mol. The molecule has 0 radical (unpaired) electrons. The first-order chi connectivity index (χ1) is 29.2. The van der Waals surface area contributed by atoms with Crippen molar-refractivity contribution in [3.05, 3.63) is 32.2 Å². The van der Waals surface area contributed by atoms with Gasteiger partial charge in [-0.05, 0) is 37.5 Å². The first-order valence-electron chi connectivity index (χ1n) is 20.2. The van der Waals surface area contributed by atoms with Gasteiger partial charge in [-0.1, -0.05) is 68.2 Å². The number of hydrogen-bond acceptors (Lipinski definition) is 16. The highest BCUT2D eigenvalue weighted by Crippen LogP contribution is 2.28. The maximum atomic E-state index is 14.2. The summed E-state index contributed by atoms with van der Waals surface area (Å²) in [4.78, 5) is 93.2. The number of carbonyl (C=O) groups excluding carboxylic acids is 6. The van der Waals surface area contributed by atoms with Crippen LogP contribution in [0.4, 0.5) is 0 Å². The standard InChI is InChI=1S/C38H60N8O12S4/c1-13-19(7)27-33(49)45-29(21(9)57-61(53)55-11)35(51)41-26(18(5)6)38-40-24(16-60-38)32(48)44-28(20(8)14-2)34(50)46-30(22(10)58-62(54)56-12)36(52)42-25(17(3)4)37-39-23(15-59-37)31(47)43-27/h15-22,25-30H,13-14H2,1-12H3,(H,41,51)(H,42,52)(H,43,47)(H,44,48)(H,45,49)(H,46,50). The van der Waals surface area contributed by atoms with Crippen LogP contribution in [0.3, 0.4) is 0 Å². The van der Waals surface area contributed by atoms with Crippen molar-refractivity contribution in [1.82, 2.24) is 41.9 Å². The number of hydrogen-bond donors (Lipinski definition) is 6. The fraction of sp³-hybridized carbons (Fsp3) is 0.684. The third-order valence-corrected chi connectivity index (χ3v) is 13.7. The van der Waals surface area contributed by atoms with Crippen LogP contribution in [0.2, 0.25) is 0 Å². The fourth-order valence-corrected chi connectivity index (χ4v) is 9.05. The molecule has 62 heavy (non-hydrogen) atoms. The van der Waals surface area contributed by atoms with Crippen molar-refractivity contribution in [3.8, 4) is 0 Å². The van der Waals surface area contributed by atoms with Gasteiger partial charge in [0.2, 0.25) is 23.6 Å². The molecule has 12 unspecified atom stereocenters. The van der Waals surface area contributed by atoms with Crippen LogP contribution in [-0.4, -0.2) is 104 Å². The fourth-order valence-electron chi connectivity index (χ4n) is 6.13. The average molecular weight is 949 g/mol. The molecule has 24 heteroatoms. The lowest BCUT2D eigenvalue weighted by Crippen LogP contribution is -2.59. The van der Waals surface area contributed by atoms with E-state index in [2.05, 4.69) is 41.9 Å². The third kappa shape index (κ3) is 14.1. The Labute approximate surface area is 375 Å². The van der Waals surface area contributed by atoms with Crippen molar-refractivity contribution < 1.29 is 53.9 Å². The Morgan fingerprint density at radius 2 is 0.839 bits per heavy atom. The van der Waals surface area contributed by atoms with Gasteiger partial charge in [0, 0.05) is 10.8 Å². The zero-order valence-electron chi connectivity index (χ0n) is 36.9. The lowest BCUT2D eigenvalue weighted by atomic mass is 9.97. The van der Waals surface area contributed by atoms with Crippen LogP contribution in [-0.2, 0) is 58.6 Å². The Balaban J connectivity index is 2.21. The van der Waals surface area contributed by atoms with Crippen molar-refractivity contribution >= 4 is 80.8 Å². The van der Waals surface area contributed by atoms with Crippen LogP contribution >= 0.6 is 22.7 Å². The largest absolute Gasteiger partial charge is 0.345 e. The van der Waals surface area contributed by atoms with Crippen LogP contribution in [0, 0.1) is 23.7 Å². The molecule has 0 aromatic carbocycles. The zero-order valence-corrected chi connectivity index (χ0v) is 40.2. The van der Waals surface area contributed by atoms with Gasteiger partial charge in [-0.25, -0.2) is 9.97 Å². The van der Waals surface area contributed by atoms with Gasteiger partial charge in [0.15, 0.2) is 0 Å². The molecule has 20 nitrogen and oxygen atoms in total. The molecule has 2 aromatic heterocycles. The molecule has 0 spiro atoms. The molecule has 0 fully saturated rings. The quantitative estimate of drug-likeness (QED) is 0.159. The van der Waals surface area contributed by atoms with E-state index in [1.54, 1.807) is 41.5 Å². The van der Waals surface area contributed by atoms with E-state index in [9.17, 15) is 37.2 Å². The molecule has 0 saturated heterocycles. The summed E-state index contributed by atoms with van der Waals surface area (Å²) < 4.78 is 45.0. The highest BCUT2D eigenvalue weighted by atomic mass is 32.2. The van der Waals surface area contributed by atoms with Gasteiger partial charge in [-0.3, -0.25) is 45.5 Å². The molecule has 1 aliphatic rings. The first-order valence-corrected chi connectivity index (χ1v) is 23.9. The van der Waals surface area contributed by atoms with E-state index in [0.29, 0.717) is 22.9 Å². The van der Waals surface area contributed by atoms with Crippen LogP contribution in [0.15, 0.2) is 10.8 Å². The molecule has 1 aliphatic heterocycles. The van der Waals surface area contributed by atoms with E-state index in [-0.39, 0.29) is 23.2 Å². The Morgan fingerprint density at radius 1 is 0.532 bits per heavy atom.